The van der Waals surface area contributed by atoms with E-state index in [0.29, 0.717) is 40.2 Å². The molecule has 1 aromatic heterocycles. The molecule has 0 spiro atoms. The number of quaternary nitrogens is 1. The topological polar surface area (TPSA) is 102 Å². The summed E-state index contributed by atoms with van der Waals surface area (Å²) in [5.41, 5.74) is 1.16. The van der Waals surface area contributed by atoms with Crippen LogP contribution in [0.25, 0.3) is 0 Å². The second-order valence-electron chi connectivity index (χ2n) is 10.5. The third kappa shape index (κ3) is 3.81. The van der Waals surface area contributed by atoms with E-state index >= 15 is 0 Å². The maximum Gasteiger partial charge on any atom is 0.348 e. The van der Waals surface area contributed by atoms with Gasteiger partial charge in [0.15, 0.2) is 18.5 Å². The normalized spacial score (nSPS) is 25.5. The third-order valence-electron chi connectivity index (χ3n) is 8.16. The van der Waals surface area contributed by atoms with Crippen LogP contribution in [0, 0.1) is 12.8 Å². The Hall–Kier alpha value is -3.49. The fourth-order valence-corrected chi connectivity index (χ4v) is 6.34. The number of hydrogen-bond donors (Lipinski definition) is 2. The zero-order valence-electron chi connectivity index (χ0n) is 20.3. The molecule has 1 aliphatic carbocycles. The molecule has 3 aliphatic heterocycles. The van der Waals surface area contributed by atoms with Gasteiger partial charge >= 0.3 is 5.97 Å². The summed E-state index contributed by atoms with van der Waals surface area (Å²) in [5.74, 6) is 0.492. The summed E-state index contributed by atoms with van der Waals surface area (Å²) in [6.07, 6.45) is 2.06. The first kappa shape index (κ1) is 22.9. The highest BCUT2D eigenvalue weighted by Gasteiger charge is 2.52. The molecule has 1 unspecified atom stereocenters. The lowest BCUT2D eigenvalue weighted by Gasteiger charge is -2.51. The molecule has 36 heavy (non-hydrogen) atoms. The molecule has 186 valence electrons. The lowest BCUT2D eigenvalue weighted by Crippen LogP contribution is -2.66. The number of piperidine rings is 3. The average Bonchev–Trinajstić information content (AvgIpc) is 3.28. The zero-order chi connectivity index (χ0) is 24.9. The third-order valence-corrected chi connectivity index (χ3v) is 8.16. The van der Waals surface area contributed by atoms with E-state index in [0.717, 1.165) is 37.1 Å². The van der Waals surface area contributed by atoms with Gasteiger partial charge in [0.1, 0.15) is 12.3 Å². The Morgan fingerprint density at radius 2 is 1.75 bits per heavy atom. The maximum absolute atomic E-state index is 13.8. The summed E-state index contributed by atoms with van der Waals surface area (Å²) < 4.78 is 11.7. The van der Waals surface area contributed by atoms with Crippen molar-refractivity contribution < 1.29 is 28.4 Å². The number of aliphatic hydroxyl groups is 1. The number of nitrogens with one attached hydrogen (secondary N) is 1. The van der Waals surface area contributed by atoms with Gasteiger partial charge < -0.3 is 24.2 Å². The average molecular weight is 489 g/mol. The molecule has 3 saturated heterocycles. The van der Waals surface area contributed by atoms with E-state index in [1.165, 1.54) is 0 Å². The Morgan fingerprint density at radius 1 is 1.11 bits per heavy atom. The number of carbonyl (C=O) groups is 2. The van der Waals surface area contributed by atoms with Crippen molar-refractivity contribution in [2.75, 3.05) is 31.5 Å². The summed E-state index contributed by atoms with van der Waals surface area (Å²) in [6, 6.07) is 16.7. The molecule has 8 nitrogen and oxygen atoms in total. The van der Waals surface area contributed by atoms with E-state index in [1.807, 2.05) is 48.5 Å². The van der Waals surface area contributed by atoms with Crippen molar-refractivity contribution in [1.82, 2.24) is 5.16 Å². The highest BCUT2D eigenvalue weighted by atomic mass is 16.6. The number of ether oxygens (including phenoxy) is 1. The number of aromatic nitrogens is 1. The number of aryl methyl sites for hydroxylation is 1. The van der Waals surface area contributed by atoms with Gasteiger partial charge in [-0.05, 0) is 24.5 Å². The van der Waals surface area contributed by atoms with Crippen molar-refractivity contribution in [3.05, 3.63) is 82.6 Å². The van der Waals surface area contributed by atoms with Gasteiger partial charge in [0.25, 0.3) is 5.91 Å². The van der Waals surface area contributed by atoms with Gasteiger partial charge in [-0.1, -0.05) is 53.7 Å². The number of anilines is 1. The summed E-state index contributed by atoms with van der Waals surface area (Å²) >= 11 is 0. The van der Waals surface area contributed by atoms with Crippen molar-refractivity contribution in [2.24, 2.45) is 5.92 Å². The van der Waals surface area contributed by atoms with Gasteiger partial charge in [-0.25, -0.2) is 4.79 Å². The highest BCUT2D eigenvalue weighted by Crippen LogP contribution is 2.42. The molecule has 2 bridgehead atoms. The Kier molecular flexibility index (Phi) is 5.46. The molecule has 1 atom stereocenters. The fraction of sp³-hybridized carbons (Fsp3) is 0.393. The van der Waals surface area contributed by atoms with E-state index in [9.17, 15) is 14.7 Å². The van der Waals surface area contributed by atoms with Crippen molar-refractivity contribution in [3.63, 3.8) is 0 Å². The van der Waals surface area contributed by atoms with Crippen LogP contribution >= 0.6 is 0 Å². The van der Waals surface area contributed by atoms with E-state index in [1.54, 1.807) is 13.0 Å². The summed E-state index contributed by atoms with van der Waals surface area (Å²) in [4.78, 5) is 26.6. The summed E-state index contributed by atoms with van der Waals surface area (Å²) in [6.45, 7) is 4.33. The van der Waals surface area contributed by atoms with Crippen LogP contribution in [0.3, 0.4) is 0 Å². The molecule has 0 radical (unpaired) electrons. The van der Waals surface area contributed by atoms with E-state index in [2.05, 4.69) is 10.5 Å². The fourth-order valence-electron chi connectivity index (χ4n) is 6.34. The molecule has 0 saturated carbocycles. The van der Waals surface area contributed by atoms with Gasteiger partial charge in [-0.3, -0.25) is 4.79 Å². The zero-order valence-corrected chi connectivity index (χ0v) is 20.3. The maximum atomic E-state index is 13.8. The monoisotopic (exact) mass is 488 g/mol. The Labute approximate surface area is 209 Å². The number of benzene rings is 2. The van der Waals surface area contributed by atoms with Crippen molar-refractivity contribution in [3.8, 4) is 0 Å². The van der Waals surface area contributed by atoms with E-state index < -0.39 is 11.6 Å². The quantitative estimate of drug-likeness (QED) is 0.423. The van der Waals surface area contributed by atoms with Crippen LogP contribution in [-0.2, 0) is 26.3 Å². The van der Waals surface area contributed by atoms with Gasteiger partial charge in [0, 0.05) is 36.0 Å². The van der Waals surface area contributed by atoms with Crippen LogP contribution in [0.4, 0.5) is 5.82 Å². The van der Waals surface area contributed by atoms with Crippen LogP contribution < -0.4 is 5.32 Å². The number of fused-ring (bicyclic) bond motifs is 5. The molecule has 7 rings (SSSR count). The second kappa shape index (κ2) is 8.57. The van der Waals surface area contributed by atoms with E-state index in [-0.39, 0.29) is 24.5 Å². The molecular formula is C28H30N3O5+. The molecule has 4 aliphatic rings. The smallest absolute Gasteiger partial charge is 0.348 e. The minimum absolute atomic E-state index is 0.137. The number of carbonyl (C=O) groups excluding carboxylic acids is 2. The molecule has 3 aromatic rings. The molecule has 8 heteroatoms. The van der Waals surface area contributed by atoms with Crippen LogP contribution in [0.1, 0.15) is 40.9 Å². The molecule has 1 amide bonds. The molecule has 2 N–H and O–H groups in total. The summed E-state index contributed by atoms with van der Waals surface area (Å²) in [5, 5.41) is 18.6. The minimum atomic E-state index is -1.86. The standard InChI is InChI=1S/C28H29N3O5/c1-18-14-25(30-36-18)29-26(32)17-31-12-10-19(11-13-31)24(16-31)35-27(33)28(34)22-8-4-2-6-20(22)15-21-7-3-5-9-23(21)28/h2-9,14,19,24,34H,10-13,15-17H2,1H3/p+1. The second-order valence-corrected chi connectivity index (χ2v) is 10.5. The molecule has 2 aromatic carbocycles. The predicted octanol–water partition coefficient (Wildman–Crippen LogP) is 2.91. The summed E-state index contributed by atoms with van der Waals surface area (Å²) in [7, 11) is 0. The van der Waals surface area contributed by atoms with Gasteiger partial charge in [-0.2, -0.15) is 0 Å². The number of rotatable bonds is 5. The van der Waals surface area contributed by atoms with Gasteiger partial charge in [0.2, 0.25) is 5.60 Å². The largest absolute Gasteiger partial charge is 0.453 e. The van der Waals surface area contributed by atoms with Crippen molar-refractivity contribution in [2.45, 2.75) is 37.9 Å². The Morgan fingerprint density at radius 3 is 2.36 bits per heavy atom. The van der Waals surface area contributed by atoms with Crippen molar-refractivity contribution >= 4 is 17.7 Å². The first-order chi connectivity index (χ1) is 17.4. The number of esters is 1. The number of nitrogens with zero attached hydrogens (tertiary/aromatic N) is 2. The molecular weight excluding hydrogens is 458 g/mol. The first-order valence-corrected chi connectivity index (χ1v) is 12.5. The van der Waals surface area contributed by atoms with E-state index in [4.69, 9.17) is 9.26 Å². The molecule has 3 fully saturated rings. The lowest BCUT2D eigenvalue weighted by atomic mass is 9.74. The predicted molar refractivity (Wildman–Crippen MR) is 131 cm³/mol. The molecule has 4 heterocycles. The highest BCUT2D eigenvalue weighted by molar-refractivity contribution is 5.90. The van der Waals surface area contributed by atoms with Gasteiger partial charge in [0.05, 0.1) is 13.1 Å². The Balaban J connectivity index is 1.23. The first-order valence-electron chi connectivity index (χ1n) is 12.5. The van der Waals surface area contributed by atoms with Gasteiger partial charge in [-0.15, -0.1) is 0 Å². The lowest BCUT2D eigenvalue weighted by molar-refractivity contribution is -0.939. The minimum Gasteiger partial charge on any atom is -0.453 e. The SMILES string of the molecule is Cc1cc(NC(=O)C[N+]23CCC(CC2)C(OC(=O)C2(O)c4ccccc4Cc4ccccc42)C3)no1. The van der Waals surface area contributed by atoms with Crippen LogP contribution in [0.5, 0.6) is 0 Å². The number of amides is 1. The van der Waals surface area contributed by atoms with Crippen LogP contribution in [0.2, 0.25) is 0 Å². The Bertz CT molecular complexity index is 1280. The van der Waals surface area contributed by atoms with Crippen LogP contribution in [0.15, 0.2) is 59.1 Å². The van der Waals surface area contributed by atoms with Crippen molar-refractivity contribution in [1.29, 1.82) is 0 Å². The van der Waals surface area contributed by atoms with Crippen LogP contribution in [-0.4, -0.2) is 58.9 Å². The number of hydrogen-bond acceptors (Lipinski definition) is 6.